The molecule has 0 saturated heterocycles. The molecule has 0 saturated carbocycles. The summed E-state index contributed by atoms with van der Waals surface area (Å²) in [4.78, 5) is 20.1. The highest BCUT2D eigenvalue weighted by Crippen LogP contribution is 1.97. The van der Waals surface area contributed by atoms with E-state index >= 15 is 0 Å². The van der Waals surface area contributed by atoms with E-state index in [4.69, 9.17) is 10.2 Å². The monoisotopic (exact) mass is 166 g/mol. The standard InChI is InChI=1S/C4H7O5P/c5-2(4(7)8)1-3(6)9-10/h2,5H,1,10H2,(H,7,8)/t2-/m1/s1. The lowest BCUT2D eigenvalue weighted by Gasteiger charge is -2.01. The quantitative estimate of drug-likeness (QED) is 0.534. The van der Waals surface area contributed by atoms with Gasteiger partial charge in [-0.15, -0.1) is 0 Å². The average molecular weight is 166 g/mol. The lowest BCUT2D eigenvalue weighted by molar-refractivity contribution is -0.151. The van der Waals surface area contributed by atoms with E-state index in [0.717, 1.165) is 0 Å². The van der Waals surface area contributed by atoms with Crippen LogP contribution in [0, 0.1) is 0 Å². The van der Waals surface area contributed by atoms with Gasteiger partial charge in [0.2, 0.25) is 0 Å². The van der Waals surface area contributed by atoms with Crippen LogP contribution in [0.1, 0.15) is 6.42 Å². The Morgan fingerprint density at radius 3 is 2.40 bits per heavy atom. The molecule has 58 valence electrons. The summed E-state index contributed by atoms with van der Waals surface area (Å²) in [6, 6.07) is 0. The number of hydrogen-bond donors (Lipinski definition) is 2. The van der Waals surface area contributed by atoms with Crippen LogP contribution in [0.3, 0.4) is 0 Å². The van der Waals surface area contributed by atoms with Gasteiger partial charge >= 0.3 is 11.9 Å². The van der Waals surface area contributed by atoms with Crippen LogP contribution in [0.25, 0.3) is 0 Å². The second kappa shape index (κ2) is 4.19. The molecular formula is C4H7O5P. The summed E-state index contributed by atoms with van der Waals surface area (Å²) in [5.74, 6) is -2.21. The van der Waals surface area contributed by atoms with Gasteiger partial charge in [0.25, 0.3) is 0 Å². The van der Waals surface area contributed by atoms with Gasteiger partial charge in [-0.25, -0.2) is 4.79 Å². The molecule has 0 aliphatic heterocycles. The minimum Gasteiger partial charge on any atom is -0.479 e. The molecule has 5 nitrogen and oxygen atoms in total. The minimum atomic E-state index is -1.67. The predicted octanol–water partition coefficient (Wildman–Crippen LogP) is -0.845. The molecule has 0 heterocycles. The average Bonchev–Trinajstić information content (AvgIpc) is 1.87. The number of hydrogen-bond acceptors (Lipinski definition) is 4. The number of aliphatic hydroxyl groups is 1. The Hall–Kier alpha value is -0.670. The van der Waals surface area contributed by atoms with Gasteiger partial charge in [-0.1, -0.05) is 0 Å². The third-order valence-electron chi connectivity index (χ3n) is 0.777. The maximum atomic E-state index is 10.3. The Kier molecular flexibility index (Phi) is 3.91. The number of carboxylic acids is 1. The van der Waals surface area contributed by atoms with E-state index in [1.165, 1.54) is 0 Å². The van der Waals surface area contributed by atoms with Gasteiger partial charge in [0.1, 0.15) is 0 Å². The first-order valence-electron chi connectivity index (χ1n) is 2.38. The van der Waals surface area contributed by atoms with Gasteiger partial charge in [0.15, 0.2) is 6.10 Å². The summed E-state index contributed by atoms with van der Waals surface area (Å²) in [5, 5.41) is 16.6. The molecule has 6 heteroatoms. The fourth-order valence-corrected chi connectivity index (χ4v) is 0.390. The third-order valence-corrected chi connectivity index (χ3v) is 1.04. The molecule has 0 radical (unpaired) electrons. The van der Waals surface area contributed by atoms with Crippen molar-refractivity contribution in [1.29, 1.82) is 0 Å². The summed E-state index contributed by atoms with van der Waals surface area (Å²) in [5.41, 5.74) is 0. The lowest BCUT2D eigenvalue weighted by atomic mass is 10.3. The van der Waals surface area contributed by atoms with Crippen molar-refractivity contribution < 1.29 is 24.3 Å². The molecule has 2 atom stereocenters. The third kappa shape index (κ3) is 3.37. The SMILES string of the molecule is O=C(C[C@@H](O)C(=O)O)OP. The molecule has 0 aromatic carbocycles. The van der Waals surface area contributed by atoms with Gasteiger partial charge < -0.3 is 14.7 Å². The molecule has 10 heavy (non-hydrogen) atoms. The van der Waals surface area contributed by atoms with Crippen LogP contribution in [0.15, 0.2) is 0 Å². The molecule has 0 aliphatic rings. The van der Waals surface area contributed by atoms with Gasteiger partial charge in [-0.2, -0.15) is 0 Å². The van der Waals surface area contributed by atoms with Crippen molar-refractivity contribution in [3.63, 3.8) is 0 Å². The lowest BCUT2D eigenvalue weighted by Crippen LogP contribution is -2.22. The minimum absolute atomic E-state index is 0.529. The fourth-order valence-electron chi connectivity index (χ4n) is 0.293. The van der Waals surface area contributed by atoms with E-state index in [-0.39, 0.29) is 0 Å². The molecule has 0 rings (SSSR count). The van der Waals surface area contributed by atoms with Crippen molar-refractivity contribution in [1.82, 2.24) is 0 Å². The zero-order valence-corrected chi connectivity index (χ0v) is 6.14. The number of rotatable bonds is 3. The Balaban J connectivity index is 3.68. The second-order valence-corrected chi connectivity index (χ2v) is 1.78. The van der Waals surface area contributed by atoms with Gasteiger partial charge in [-0.05, 0) is 0 Å². The van der Waals surface area contributed by atoms with Crippen molar-refractivity contribution in [2.75, 3.05) is 0 Å². The van der Waals surface area contributed by atoms with Crippen LogP contribution in [-0.4, -0.2) is 28.3 Å². The molecule has 0 aliphatic carbocycles. The normalized spacial score (nSPS) is 12.2. The Morgan fingerprint density at radius 2 is 2.10 bits per heavy atom. The first kappa shape index (κ1) is 9.33. The Morgan fingerprint density at radius 1 is 1.60 bits per heavy atom. The van der Waals surface area contributed by atoms with E-state index in [9.17, 15) is 9.59 Å². The maximum absolute atomic E-state index is 10.3. The first-order valence-corrected chi connectivity index (χ1v) is 2.85. The van der Waals surface area contributed by atoms with Crippen molar-refractivity contribution in [2.45, 2.75) is 12.5 Å². The van der Waals surface area contributed by atoms with E-state index in [1.807, 2.05) is 0 Å². The number of aliphatic hydroxyl groups excluding tert-OH is 1. The number of carbonyl (C=O) groups is 2. The highest BCUT2D eigenvalue weighted by atomic mass is 31.0. The molecule has 2 N–H and O–H groups in total. The largest absolute Gasteiger partial charge is 0.479 e. The summed E-state index contributed by atoms with van der Waals surface area (Å²) >= 11 is 0. The molecule has 0 amide bonds. The van der Waals surface area contributed by atoms with Crippen LogP contribution < -0.4 is 0 Å². The van der Waals surface area contributed by atoms with Crippen LogP contribution in [0.5, 0.6) is 0 Å². The molecular weight excluding hydrogens is 159 g/mol. The first-order chi connectivity index (χ1) is 4.57. The molecule has 0 bridgehead atoms. The summed E-state index contributed by atoms with van der Waals surface area (Å²) in [6.45, 7) is 0. The summed E-state index contributed by atoms with van der Waals surface area (Å²) in [6.07, 6.45) is -2.20. The van der Waals surface area contributed by atoms with Crippen molar-refractivity contribution in [3.8, 4) is 0 Å². The summed E-state index contributed by atoms with van der Waals surface area (Å²) < 4.78 is 4.03. The second-order valence-electron chi connectivity index (χ2n) is 1.55. The molecule has 0 spiro atoms. The van der Waals surface area contributed by atoms with Crippen molar-refractivity contribution >= 4 is 21.4 Å². The van der Waals surface area contributed by atoms with Gasteiger partial charge in [0, 0.05) is 0 Å². The van der Waals surface area contributed by atoms with Crippen molar-refractivity contribution in [2.24, 2.45) is 0 Å². The van der Waals surface area contributed by atoms with Crippen LogP contribution >= 0.6 is 9.47 Å². The highest BCUT2D eigenvalue weighted by Gasteiger charge is 2.17. The molecule has 0 fully saturated rings. The van der Waals surface area contributed by atoms with Crippen molar-refractivity contribution in [3.05, 3.63) is 0 Å². The number of aliphatic carboxylic acids is 1. The van der Waals surface area contributed by atoms with Crippen LogP contribution in [-0.2, 0) is 14.1 Å². The van der Waals surface area contributed by atoms with Crippen LogP contribution in [0.4, 0.5) is 0 Å². The number of carbonyl (C=O) groups excluding carboxylic acids is 1. The Bertz CT molecular complexity index is 145. The zero-order chi connectivity index (χ0) is 8.15. The summed E-state index contributed by atoms with van der Waals surface area (Å²) in [7, 11) is 1.66. The molecule has 0 aromatic rings. The van der Waals surface area contributed by atoms with Gasteiger partial charge in [-0.3, -0.25) is 4.79 Å². The number of carboxylic acid groups (broad SMARTS) is 1. The Labute approximate surface area is 59.3 Å². The highest BCUT2D eigenvalue weighted by molar-refractivity contribution is 7.10. The van der Waals surface area contributed by atoms with E-state index < -0.39 is 24.5 Å². The molecule has 0 aromatic heterocycles. The topological polar surface area (TPSA) is 83.8 Å². The maximum Gasteiger partial charge on any atom is 0.333 e. The van der Waals surface area contributed by atoms with Gasteiger partial charge in [0.05, 0.1) is 15.9 Å². The smallest absolute Gasteiger partial charge is 0.333 e. The zero-order valence-electron chi connectivity index (χ0n) is 4.98. The molecule has 1 unspecified atom stereocenters. The fraction of sp³-hybridized carbons (Fsp3) is 0.500. The van der Waals surface area contributed by atoms with E-state index in [0.29, 0.717) is 0 Å². The predicted molar refractivity (Wildman–Crippen MR) is 34.1 cm³/mol. The van der Waals surface area contributed by atoms with E-state index in [1.54, 1.807) is 9.47 Å². The van der Waals surface area contributed by atoms with Crippen LogP contribution in [0.2, 0.25) is 0 Å². The van der Waals surface area contributed by atoms with E-state index in [2.05, 4.69) is 4.52 Å².